The van der Waals surface area contributed by atoms with Gasteiger partial charge in [-0.3, -0.25) is 0 Å². The molecular weight excluding hydrogens is 525 g/mol. The molecule has 4 aromatic rings. The van der Waals surface area contributed by atoms with E-state index in [9.17, 15) is 0 Å². The second kappa shape index (κ2) is 13.3. The van der Waals surface area contributed by atoms with Crippen molar-refractivity contribution in [1.29, 1.82) is 0 Å². The Hall–Kier alpha value is -0.0800. The topological polar surface area (TPSA) is 0 Å². The number of aryl methyl sites for hydroxylation is 2. The molecule has 0 saturated heterocycles. The van der Waals surface area contributed by atoms with Gasteiger partial charge in [-0.05, 0) is 10.0 Å². The molecule has 0 aliphatic rings. The first kappa shape index (κ1) is 27.9. The molecule has 4 rings (SSSR count). The van der Waals surface area contributed by atoms with Crippen molar-refractivity contribution in [2.45, 2.75) is 26.9 Å². The normalized spacial score (nSPS) is 9.43. The number of fused-ring (bicyclic) bond motifs is 2. The molecule has 0 aliphatic heterocycles. The first-order valence-corrected chi connectivity index (χ1v) is 15.4. The summed E-state index contributed by atoms with van der Waals surface area (Å²) in [6.45, 7) is 8.78. The molecule has 148 valence electrons. The third kappa shape index (κ3) is 8.34. The number of benzene rings is 2. The van der Waals surface area contributed by atoms with Crippen LogP contribution >= 0.6 is 23.2 Å². The van der Waals surface area contributed by atoms with Gasteiger partial charge in [0.2, 0.25) is 0 Å². The van der Waals surface area contributed by atoms with Crippen LogP contribution in [0.25, 0.3) is 21.5 Å². The number of rotatable bonds is 0. The average Bonchev–Trinajstić information content (AvgIpc) is 3.11. The predicted octanol–water partition coefficient (Wildman–Crippen LogP) is 1.83. The zero-order valence-corrected chi connectivity index (χ0v) is 22.8. The predicted molar refractivity (Wildman–Crippen MR) is 116 cm³/mol. The van der Waals surface area contributed by atoms with Gasteiger partial charge in [0.25, 0.3) is 0 Å². The van der Waals surface area contributed by atoms with Gasteiger partial charge < -0.3 is 24.8 Å². The Balaban J connectivity index is 0.000000415. The third-order valence-corrected chi connectivity index (χ3v) is 4.34. The van der Waals surface area contributed by atoms with E-state index in [1.54, 1.807) is 23.3 Å². The van der Waals surface area contributed by atoms with Gasteiger partial charge in [-0.25, -0.2) is 0 Å². The molecule has 0 unspecified atom stereocenters. The van der Waals surface area contributed by atoms with E-state index >= 15 is 0 Å². The van der Waals surface area contributed by atoms with Gasteiger partial charge in [-0.1, -0.05) is 49.2 Å². The zero-order chi connectivity index (χ0) is 19.3. The second-order valence-electron chi connectivity index (χ2n) is 6.55. The van der Waals surface area contributed by atoms with E-state index in [1.165, 1.54) is 21.9 Å². The SMILES string of the molecule is C[Si](C)=[Zr+2].Cc1cc2c(Cl)cccc2[cH-]1.Cc1cc2c(Cl)cccc2[cH-]1.[Cl-].[Cl-]. The molecule has 0 amide bonds. The molecule has 6 heteroatoms. The molecule has 0 saturated carbocycles. The van der Waals surface area contributed by atoms with Crippen LogP contribution in [0, 0.1) is 13.8 Å². The molecule has 0 bridgehead atoms. The van der Waals surface area contributed by atoms with Crippen LogP contribution in [-0.2, 0) is 23.3 Å². The van der Waals surface area contributed by atoms with Crippen molar-refractivity contribution >= 4 is 50.2 Å². The van der Waals surface area contributed by atoms with Crippen molar-refractivity contribution in [3.8, 4) is 0 Å². The van der Waals surface area contributed by atoms with E-state index in [4.69, 9.17) is 23.2 Å². The van der Waals surface area contributed by atoms with E-state index in [2.05, 4.69) is 63.3 Å². The Morgan fingerprint density at radius 1 is 0.750 bits per heavy atom. The molecule has 4 aromatic carbocycles. The van der Waals surface area contributed by atoms with Crippen molar-refractivity contribution < 1.29 is 48.1 Å². The summed E-state index contributed by atoms with van der Waals surface area (Å²) < 4.78 is 0. The first-order chi connectivity index (χ1) is 12.3. The van der Waals surface area contributed by atoms with E-state index in [1.807, 2.05) is 24.3 Å². The van der Waals surface area contributed by atoms with Crippen molar-refractivity contribution in [3.05, 3.63) is 81.8 Å². The van der Waals surface area contributed by atoms with Crippen LogP contribution < -0.4 is 24.8 Å². The molecule has 0 fully saturated rings. The summed E-state index contributed by atoms with van der Waals surface area (Å²) in [5.74, 6) is 0. The number of halogens is 4. The second-order valence-corrected chi connectivity index (χ2v) is 16.7. The fourth-order valence-electron chi connectivity index (χ4n) is 2.69. The van der Waals surface area contributed by atoms with Crippen LogP contribution in [0.15, 0.2) is 60.7 Å². The minimum Gasteiger partial charge on any atom is -1.00 e. The fraction of sp³-hybridized carbons (Fsp3) is 0.182. The van der Waals surface area contributed by atoms with Crippen LogP contribution in [0.1, 0.15) is 11.1 Å². The van der Waals surface area contributed by atoms with Gasteiger partial charge in [0, 0.05) is 0 Å². The van der Waals surface area contributed by atoms with Gasteiger partial charge in [0.15, 0.2) is 0 Å². The van der Waals surface area contributed by atoms with Crippen molar-refractivity contribution in [2.75, 3.05) is 0 Å². The molecule has 0 atom stereocenters. The zero-order valence-electron chi connectivity index (χ0n) is 16.3. The monoisotopic (exact) mass is 544 g/mol. The fourth-order valence-corrected chi connectivity index (χ4v) is 3.17. The van der Waals surface area contributed by atoms with Gasteiger partial charge in [-0.2, -0.15) is 12.1 Å². The van der Waals surface area contributed by atoms with Gasteiger partial charge in [0.1, 0.15) is 0 Å². The molecule has 0 aliphatic carbocycles. The quantitative estimate of drug-likeness (QED) is 0.233. The Bertz CT molecular complexity index is 952. The molecule has 0 heterocycles. The van der Waals surface area contributed by atoms with Gasteiger partial charge in [-0.15, -0.1) is 69.1 Å². The number of hydrogen-bond donors (Lipinski definition) is 0. The summed E-state index contributed by atoms with van der Waals surface area (Å²) in [7, 11) is 0. The maximum atomic E-state index is 5.97. The van der Waals surface area contributed by atoms with Gasteiger partial charge >= 0.3 is 41.9 Å². The summed E-state index contributed by atoms with van der Waals surface area (Å²) >= 11 is 13.7. The summed E-state index contributed by atoms with van der Waals surface area (Å²) in [5, 5.41) is 6.47. The third-order valence-electron chi connectivity index (χ3n) is 3.68. The Kier molecular flexibility index (Phi) is 13.2. The Morgan fingerprint density at radius 2 is 1.07 bits per heavy atom. The maximum Gasteiger partial charge on any atom is -0.00300 e. The van der Waals surface area contributed by atoms with Crippen LogP contribution in [0.5, 0.6) is 0 Å². The van der Waals surface area contributed by atoms with Crippen molar-refractivity contribution in [1.82, 2.24) is 0 Å². The van der Waals surface area contributed by atoms with Crippen molar-refractivity contribution in [3.63, 3.8) is 0 Å². The van der Waals surface area contributed by atoms with Crippen LogP contribution in [0.2, 0.25) is 23.1 Å². The van der Waals surface area contributed by atoms with E-state index in [-0.39, 0.29) is 30.2 Å². The average molecular weight is 548 g/mol. The summed E-state index contributed by atoms with van der Waals surface area (Å²) in [5.41, 5.74) is 2.75. The van der Waals surface area contributed by atoms with E-state index in [0.717, 1.165) is 20.8 Å². The van der Waals surface area contributed by atoms with Crippen molar-refractivity contribution in [2.24, 2.45) is 0 Å². The molecule has 0 radical (unpaired) electrons. The first-order valence-electron chi connectivity index (χ1n) is 8.43. The Morgan fingerprint density at radius 3 is 1.36 bits per heavy atom. The minimum absolute atomic E-state index is 0. The van der Waals surface area contributed by atoms with Crippen LogP contribution in [0.4, 0.5) is 0 Å². The Labute approximate surface area is 205 Å². The summed E-state index contributed by atoms with van der Waals surface area (Å²) in [6.07, 6.45) is 0. The summed E-state index contributed by atoms with van der Waals surface area (Å²) in [4.78, 5) is 0. The molecule has 0 spiro atoms. The standard InChI is InChI=1S/2C10H8Cl.C2H6Si.2ClH.Zr/c2*1-7-5-8-3-2-4-10(11)9(8)6-7;1-3-2;;;/h2*2-6H,1H3;1-2H3;2*1H;/q2*-1;;;;+2/p-2. The largest absolute Gasteiger partial charge is 1.00 e. The molecule has 28 heavy (non-hydrogen) atoms. The van der Waals surface area contributed by atoms with E-state index in [0.29, 0.717) is 0 Å². The van der Waals surface area contributed by atoms with Gasteiger partial charge in [0.05, 0.1) is 0 Å². The molecule has 0 nitrogen and oxygen atoms in total. The van der Waals surface area contributed by atoms with Crippen LogP contribution in [-0.4, -0.2) is 5.43 Å². The molecule has 0 N–H and O–H groups in total. The smallest absolute Gasteiger partial charge is 0.00300 e. The summed E-state index contributed by atoms with van der Waals surface area (Å²) in [6, 6.07) is 20.4. The maximum absolute atomic E-state index is 5.97. The molecular formula is C22H22Cl4SiZr-2. The van der Waals surface area contributed by atoms with Crippen LogP contribution in [0.3, 0.4) is 0 Å². The number of hydrogen-bond acceptors (Lipinski definition) is 0. The molecule has 0 aromatic heterocycles. The minimum atomic E-state index is 0. The van der Waals surface area contributed by atoms with E-state index < -0.39 is 0 Å².